The third-order valence-electron chi connectivity index (χ3n) is 7.96. The molecule has 5 heteroatoms. The van der Waals surface area contributed by atoms with Gasteiger partial charge in [-0.05, 0) is 0 Å². The van der Waals surface area contributed by atoms with Crippen molar-refractivity contribution in [1.29, 1.82) is 0 Å². The van der Waals surface area contributed by atoms with E-state index in [2.05, 4.69) is 119 Å². The van der Waals surface area contributed by atoms with Crippen LogP contribution in [0.4, 0.5) is 0 Å². The maximum absolute atomic E-state index is 6.86. The van der Waals surface area contributed by atoms with Gasteiger partial charge in [0.15, 0.2) is 0 Å². The van der Waals surface area contributed by atoms with Gasteiger partial charge in [-0.2, -0.15) is 0 Å². The van der Waals surface area contributed by atoms with Crippen LogP contribution in [0.1, 0.15) is 40.6 Å². The van der Waals surface area contributed by atoms with Crippen molar-refractivity contribution < 1.29 is 26.8 Å². The van der Waals surface area contributed by atoms with Crippen molar-refractivity contribution in [2.75, 3.05) is 14.2 Å². The molecule has 7 rings (SSSR count). The fourth-order valence-electron chi connectivity index (χ4n) is 6.42. The summed E-state index contributed by atoms with van der Waals surface area (Å²) in [6, 6.07) is 32.9. The predicted molar refractivity (Wildman–Crippen MR) is 153 cm³/mol. The molecule has 0 aromatic heterocycles. The van der Waals surface area contributed by atoms with E-state index in [0.29, 0.717) is 0 Å². The Kier molecular flexibility index (Phi) is 6.06. The van der Waals surface area contributed by atoms with E-state index in [1.165, 1.54) is 54.3 Å². The third kappa shape index (κ3) is 3.62. The van der Waals surface area contributed by atoms with Gasteiger partial charge in [-0.3, -0.25) is 0 Å². The van der Waals surface area contributed by atoms with Crippen molar-refractivity contribution in [3.05, 3.63) is 129 Å². The standard InChI is InChI=1S/C15H10Br.C15H9S.2CH3O.Zr/c16-15-8-4-7-12-9-13(10-14(12)15)11-5-2-1-3-6-11;1-3-10-8-13(5-1)16-15-6-2-4-11-7-12(10)9-14(11)15;2*1-2;/h1-10H;1-9H;2*1H3;/q;;2*-1;+2. The SMILES string of the molecule is C[O][Zr]([O]C)([CH]1C2=Cc3c(cccc31)Sc1cccc2c1)[CH]1C(c2ccccc2)=Cc2cccc(Br)c21. The summed E-state index contributed by atoms with van der Waals surface area (Å²) in [5.41, 5.74) is 10.3. The van der Waals surface area contributed by atoms with Crippen LogP contribution in [0.3, 0.4) is 0 Å². The van der Waals surface area contributed by atoms with E-state index < -0.39 is 21.1 Å². The monoisotopic (exact) mass is 642 g/mol. The summed E-state index contributed by atoms with van der Waals surface area (Å²) in [5, 5.41) is 0. The Morgan fingerprint density at radius 1 is 0.730 bits per heavy atom. The second-order valence-corrected chi connectivity index (χ2v) is 20.1. The predicted octanol–water partition coefficient (Wildman–Crippen LogP) is 9.08. The van der Waals surface area contributed by atoms with Gasteiger partial charge in [0, 0.05) is 0 Å². The van der Waals surface area contributed by atoms with Crippen LogP contribution < -0.4 is 0 Å². The molecule has 182 valence electrons. The van der Waals surface area contributed by atoms with Crippen molar-refractivity contribution in [3.63, 3.8) is 0 Å². The summed E-state index contributed by atoms with van der Waals surface area (Å²) >= 11 is 1.63. The molecule has 37 heavy (non-hydrogen) atoms. The summed E-state index contributed by atoms with van der Waals surface area (Å²) < 4.78 is 15.0. The quantitative estimate of drug-likeness (QED) is 0.216. The Labute approximate surface area is 236 Å². The third-order valence-corrected chi connectivity index (χ3v) is 19.8. The van der Waals surface area contributed by atoms with Gasteiger partial charge in [0.2, 0.25) is 0 Å². The van der Waals surface area contributed by atoms with E-state index in [1.807, 2.05) is 26.0 Å². The first-order valence-corrected chi connectivity index (χ1v) is 18.9. The van der Waals surface area contributed by atoms with Gasteiger partial charge < -0.3 is 0 Å². The van der Waals surface area contributed by atoms with Crippen LogP contribution in [-0.2, 0) is 26.8 Å². The number of benzene rings is 4. The van der Waals surface area contributed by atoms with Gasteiger partial charge in [-0.25, -0.2) is 0 Å². The average molecular weight is 645 g/mol. The second-order valence-electron chi connectivity index (χ2n) is 9.69. The molecular weight excluding hydrogens is 620 g/mol. The average Bonchev–Trinajstić information content (AvgIpc) is 3.52. The first-order valence-electron chi connectivity index (χ1n) is 12.4. The molecule has 2 atom stereocenters. The molecular formula is C32H25BrO2SZr. The Bertz CT molecular complexity index is 1610. The van der Waals surface area contributed by atoms with E-state index in [0.717, 1.165) is 4.47 Å². The van der Waals surface area contributed by atoms with Crippen LogP contribution in [0.25, 0.3) is 23.3 Å². The molecule has 0 saturated carbocycles. The van der Waals surface area contributed by atoms with Gasteiger partial charge in [-0.1, -0.05) is 0 Å². The molecule has 1 aliphatic heterocycles. The van der Waals surface area contributed by atoms with Gasteiger partial charge in [-0.15, -0.1) is 0 Å². The molecule has 0 N–H and O–H groups in total. The second kappa shape index (κ2) is 9.33. The maximum atomic E-state index is 6.86. The number of hydrogen-bond acceptors (Lipinski definition) is 3. The van der Waals surface area contributed by atoms with Gasteiger partial charge in [0.25, 0.3) is 0 Å². The summed E-state index contributed by atoms with van der Waals surface area (Å²) in [7, 11) is 3.78. The molecule has 2 aliphatic carbocycles. The van der Waals surface area contributed by atoms with Crippen molar-refractivity contribution in [2.24, 2.45) is 0 Å². The first kappa shape index (κ1) is 24.1. The molecule has 3 aliphatic rings. The Morgan fingerprint density at radius 2 is 1.46 bits per heavy atom. The van der Waals surface area contributed by atoms with Crippen LogP contribution in [0.5, 0.6) is 0 Å². The molecule has 0 spiro atoms. The summed E-state index contributed by atoms with van der Waals surface area (Å²) in [5.74, 6) is 0. The minimum absolute atomic E-state index is 0.0527. The zero-order valence-electron chi connectivity index (χ0n) is 20.6. The molecule has 4 aromatic rings. The number of halogens is 1. The van der Waals surface area contributed by atoms with Crippen LogP contribution in [0, 0.1) is 0 Å². The van der Waals surface area contributed by atoms with Crippen molar-refractivity contribution in [2.45, 2.75) is 17.0 Å². The van der Waals surface area contributed by atoms with Crippen LogP contribution in [0.15, 0.2) is 105 Å². The van der Waals surface area contributed by atoms with Gasteiger partial charge in [0.05, 0.1) is 0 Å². The van der Waals surface area contributed by atoms with Gasteiger partial charge >= 0.3 is 238 Å². The number of rotatable bonds is 5. The molecule has 1 heterocycles. The van der Waals surface area contributed by atoms with E-state index in [1.54, 1.807) is 0 Å². The molecule has 0 saturated heterocycles. The molecule has 4 bridgehead atoms. The topological polar surface area (TPSA) is 18.5 Å². The van der Waals surface area contributed by atoms with E-state index in [4.69, 9.17) is 5.63 Å². The normalized spacial score (nSPS) is 19.1. The van der Waals surface area contributed by atoms with E-state index >= 15 is 0 Å². The van der Waals surface area contributed by atoms with Crippen molar-refractivity contribution in [3.8, 4) is 0 Å². The van der Waals surface area contributed by atoms with Crippen molar-refractivity contribution >= 4 is 51.0 Å². The number of fused-ring (bicyclic) bond motifs is 4. The zero-order chi connectivity index (χ0) is 25.1. The molecule has 0 amide bonds. The Morgan fingerprint density at radius 3 is 2.27 bits per heavy atom. The van der Waals surface area contributed by atoms with E-state index in [9.17, 15) is 0 Å². The number of allylic oxidation sites excluding steroid dienone is 2. The zero-order valence-corrected chi connectivity index (χ0v) is 25.4. The molecule has 4 aromatic carbocycles. The first-order chi connectivity index (χ1) is 18.1. The van der Waals surface area contributed by atoms with Crippen molar-refractivity contribution in [1.82, 2.24) is 0 Å². The Hall–Kier alpha value is -2.01. The van der Waals surface area contributed by atoms with Crippen LogP contribution in [-0.4, -0.2) is 14.2 Å². The molecule has 2 unspecified atom stereocenters. The molecule has 0 radical (unpaired) electrons. The van der Waals surface area contributed by atoms with Gasteiger partial charge in [0.1, 0.15) is 0 Å². The summed E-state index contributed by atoms with van der Waals surface area (Å²) in [4.78, 5) is 2.57. The summed E-state index contributed by atoms with van der Waals surface area (Å²) in [6.07, 6.45) is 4.76. The number of hydrogen-bond donors (Lipinski definition) is 0. The summed E-state index contributed by atoms with van der Waals surface area (Å²) in [6.45, 7) is 0. The fourth-order valence-corrected chi connectivity index (χ4v) is 18.9. The van der Waals surface area contributed by atoms with Crippen LogP contribution in [0.2, 0.25) is 0 Å². The molecule has 0 fully saturated rings. The minimum atomic E-state index is -4.15. The Balaban J connectivity index is 1.51. The fraction of sp³-hybridized carbons (Fsp3) is 0.125. The van der Waals surface area contributed by atoms with E-state index in [-0.39, 0.29) is 7.25 Å². The molecule has 2 nitrogen and oxygen atoms in total. The van der Waals surface area contributed by atoms with Crippen LogP contribution >= 0.6 is 27.7 Å².